The molecule has 0 radical (unpaired) electrons. The molecule has 0 aromatic carbocycles. The van der Waals surface area contributed by atoms with Crippen molar-refractivity contribution >= 4 is 0 Å². The molecule has 0 fully saturated rings. The van der Waals surface area contributed by atoms with Gasteiger partial charge in [0.25, 0.3) is 0 Å². The maximum atomic E-state index is 3.62. The third-order valence-corrected chi connectivity index (χ3v) is 2.16. The fourth-order valence-electron chi connectivity index (χ4n) is 1.22. The quantitative estimate of drug-likeness (QED) is 0.462. The lowest BCUT2D eigenvalue weighted by molar-refractivity contribution is 0.318. The van der Waals surface area contributed by atoms with Crippen molar-refractivity contribution in [3.63, 3.8) is 0 Å². The number of allylic oxidation sites excluding steroid dienone is 4. The SMILES string of the molecule is C=C/C=C\C=C\CN(CC)CCNCC. The van der Waals surface area contributed by atoms with Gasteiger partial charge in [-0.25, -0.2) is 0 Å². The summed E-state index contributed by atoms with van der Waals surface area (Å²) in [6.07, 6.45) is 9.97. The molecule has 0 aliphatic rings. The van der Waals surface area contributed by atoms with Crippen LogP contribution in [-0.4, -0.2) is 37.6 Å². The van der Waals surface area contributed by atoms with E-state index < -0.39 is 0 Å². The summed E-state index contributed by atoms with van der Waals surface area (Å²) in [6, 6.07) is 0. The van der Waals surface area contributed by atoms with Crippen LogP contribution in [-0.2, 0) is 0 Å². The summed E-state index contributed by atoms with van der Waals surface area (Å²) in [4.78, 5) is 2.40. The van der Waals surface area contributed by atoms with Crippen LogP contribution >= 0.6 is 0 Å². The zero-order valence-electron chi connectivity index (χ0n) is 10.1. The van der Waals surface area contributed by atoms with E-state index in [1.807, 2.05) is 12.2 Å². The van der Waals surface area contributed by atoms with E-state index in [9.17, 15) is 0 Å². The largest absolute Gasteiger partial charge is 0.316 e. The van der Waals surface area contributed by atoms with Gasteiger partial charge in [-0.3, -0.25) is 4.90 Å². The summed E-state index contributed by atoms with van der Waals surface area (Å²) in [5.74, 6) is 0. The third-order valence-electron chi connectivity index (χ3n) is 2.16. The van der Waals surface area contributed by atoms with Crippen molar-refractivity contribution in [2.24, 2.45) is 0 Å². The van der Waals surface area contributed by atoms with Gasteiger partial charge in [-0.15, -0.1) is 0 Å². The van der Waals surface area contributed by atoms with Gasteiger partial charge in [0, 0.05) is 19.6 Å². The van der Waals surface area contributed by atoms with Crippen LogP contribution in [0.1, 0.15) is 13.8 Å². The van der Waals surface area contributed by atoms with Gasteiger partial charge >= 0.3 is 0 Å². The van der Waals surface area contributed by atoms with E-state index in [-0.39, 0.29) is 0 Å². The predicted octanol–water partition coefficient (Wildman–Crippen LogP) is 2.22. The number of nitrogens with one attached hydrogen (secondary N) is 1. The van der Waals surface area contributed by atoms with Crippen molar-refractivity contribution in [3.05, 3.63) is 37.0 Å². The average molecular weight is 208 g/mol. The van der Waals surface area contributed by atoms with Crippen molar-refractivity contribution in [3.8, 4) is 0 Å². The van der Waals surface area contributed by atoms with E-state index in [1.165, 1.54) is 0 Å². The first-order chi connectivity index (χ1) is 7.35. The van der Waals surface area contributed by atoms with Gasteiger partial charge < -0.3 is 5.32 Å². The first-order valence-electron chi connectivity index (χ1n) is 5.72. The zero-order valence-corrected chi connectivity index (χ0v) is 10.1. The standard InChI is InChI=1S/C13H24N2/c1-4-7-8-9-10-12-15(6-3)13-11-14-5-2/h4,7-10,14H,1,5-6,11-13H2,2-3H3/b8-7-,10-9+. The fraction of sp³-hybridized carbons (Fsp3) is 0.538. The highest BCUT2D eigenvalue weighted by atomic mass is 15.1. The van der Waals surface area contributed by atoms with Gasteiger partial charge in [0.2, 0.25) is 0 Å². The molecule has 1 N–H and O–H groups in total. The highest BCUT2D eigenvalue weighted by Gasteiger charge is 1.97. The van der Waals surface area contributed by atoms with Crippen molar-refractivity contribution in [1.29, 1.82) is 0 Å². The summed E-state index contributed by atoms with van der Waals surface area (Å²) >= 11 is 0. The summed E-state index contributed by atoms with van der Waals surface area (Å²) in [7, 11) is 0. The van der Waals surface area contributed by atoms with E-state index in [2.05, 4.69) is 42.8 Å². The molecule has 2 nitrogen and oxygen atoms in total. The van der Waals surface area contributed by atoms with E-state index >= 15 is 0 Å². The molecule has 0 saturated carbocycles. The molecule has 0 aromatic rings. The second-order valence-electron chi connectivity index (χ2n) is 3.30. The molecule has 0 bridgehead atoms. The number of likely N-dealkylation sites (N-methyl/N-ethyl adjacent to an activating group) is 2. The monoisotopic (exact) mass is 208 g/mol. The number of rotatable bonds is 9. The Hall–Kier alpha value is -0.860. The Kier molecular flexibility index (Phi) is 10.6. The van der Waals surface area contributed by atoms with Crippen LogP contribution in [0.25, 0.3) is 0 Å². The molecule has 0 rings (SSSR count). The Morgan fingerprint density at radius 1 is 1.20 bits per heavy atom. The smallest absolute Gasteiger partial charge is 0.0166 e. The van der Waals surface area contributed by atoms with E-state index in [0.29, 0.717) is 0 Å². The van der Waals surface area contributed by atoms with Gasteiger partial charge in [0.15, 0.2) is 0 Å². The first kappa shape index (κ1) is 14.1. The Morgan fingerprint density at radius 2 is 2.00 bits per heavy atom. The van der Waals surface area contributed by atoms with Gasteiger partial charge in [-0.1, -0.05) is 50.8 Å². The van der Waals surface area contributed by atoms with Gasteiger partial charge in [0.1, 0.15) is 0 Å². The molecule has 0 atom stereocenters. The molecular formula is C13H24N2. The van der Waals surface area contributed by atoms with Crippen molar-refractivity contribution in [2.75, 3.05) is 32.7 Å². The van der Waals surface area contributed by atoms with Crippen molar-refractivity contribution in [1.82, 2.24) is 10.2 Å². The number of nitrogens with zero attached hydrogens (tertiary/aromatic N) is 1. The molecule has 0 aliphatic heterocycles. The molecule has 2 heteroatoms. The lowest BCUT2D eigenvalue weighted by Gasteiger charge is -2.18. The summed E-state index contributed by atoms with van der Waals surface area (Å²) in [5.41, 5.74) is 0. The van der Waals surface area contributed by atoms with E-state index in [4.69, 9.17) is 0 Å². The van der Waals surface area contributed by atoms with E-state index in [0.717, 1.165) is 32.7 Å². The lowest BCUT2D eigenvalue weighted by Crippen LogP contribution is -2.32. The Labute approximate surface area is 94.4 Å². The highest BCUT2D eigenvalue weighted by Crippen LogP contribution is 1.88. The minimum atomic E-state index is 1.02. The molecule has 15 heavy (non-hydrogen) atoms. The van der Waals surface area contributed by atoms with Crippen molar-refractivity contribution in [2.45, 2.75) is 13.8 Å². The van der Waals surface area contributed by atoms with Crippen LogP contribution in [0.3, 0.4) is 0 Å². The van der Waals surface area contributed by atoms with Gasteiger partial charge in [-0.05, 0) is 13.1 Å². The van der Waals surface area contributed by atoms with Gasteiger partial charge in [-0.2, -0.15) is 0 Å². The second-order valence-corrected chi connectivity index (χ2v) is 3.30. The third kappa shape index (κ3) is 9.44. The molecule has 0 spiro atoms. The number of hydrogen-bond acceptors (Lipinski definition) is 2. The predicted molar refractivity (Wildman–Crippen MR) is 69.1 cm³/mol. The number of hydrogen-bond donors (Lipinski definition) is 1. The average Bonchev–Trinajstić information content (AvgIpc) is 2.26. The van der Waals surface area contributed by atoms with Crippen LogP contribution in [0.5, 0.6) is 0 Å². The lowest BCUT2D eigenvalue weighted by atomic mass is 10.4. The molecule has 0 amide bonds. The first-order valence-corrected chi connectivity index (χ1v) is 5.72. The van der Waals surface area contributed by atoms with Gasteiger partial charge in [0.05, 0.1) is 0 Å². The minimum absolute atomic E-state index is 1.02. The molecular weight excluding hydrogens is 184 g/mol. The van der Waals surface area contributed by atoms with E-state index in [1.54, 1.807) is 6.08 Å². The Morgan fingerprint density at radius 3 is 2.60 bits per heavy atom. The van der Waals surface area contributed by atoms with Crippen LogP contribution in [0, 0.1) is 0 Å². The Balaban J connectivity index is 3.64. The minimum Gasteiger partial charge on any atom is -0.316 e. The highest BCUT2D eigenvalue weighted by molar-refractivity contribution is 5.09. The topological polar surface area (TPSA) is 15.3 Å². The maximum absolute atomic E-state index is 3.62. The molecule has 86 valence electrons. The molecule has 0 unspecified atom stereocenters. The van der Waals surface area contributed by atoms with Crippen LogP contribution in [0.2, 0.25) is 0 Å². The van der Waals surface area contributed by atoms with Crippen LogP contribution < -0.4 is 5.32 Å². The Bertz CT molecular complexity index is 195. The summed E-state index contributed by atoms with van der Waals surface area (Å²) < 4.78 is 0. The summed E-state index contributed by atoms with van der Waals surface area (Å²) in [5, 5.41) is 3.33. The fourth-order valence-corrected chi connectivity index (χ4v) is 1.22. The second kappa shape index (κ2) is 11.2. The van der Waals surface area contributed by atoms with Crippen LogP contribution in [0.15, 0.2) is 37.0 Å². The molecule has 0 heterocycles. The normalized spacial score (nSPS) is 11.9. The zero-order chi connectivity index (χ0) is 11.4. The van der Waals surface area contributed by atoms with Crippen molar-refractivity contribution < 1.29 is 0 Å². The maximum Gasteiger partial charge on any atom is 0.0166 e. The summed E-state index contributed by atoms with van der Waals surface area (Å²) in [6.45, 7) is 13.3. The molecule has 0 aliphatic carbocycles. The van der Waals surface area contributed by atoms with Crippen LogP contribution in [0.4, 0.5) is 0 Å². The molecule has 0 aromatic heterocycles. The molecule has 0 saturated heterocycles.